The van der Waals surface area contributed by atoms with Crippen LogP contribution in [0.5, 0.6) is 0 Å². The van der Waals surface area contributed by atoms with E-state index in [4.69, 9.17) is 9.84 Å². The van der Waals surface area contributed by atoms with Crippen molar-refractivity contribution >= 4 is 12.1 Å². The van der Waals surface area contributed by atoms with Crippen LogP contribution in [0.3, 0.4) is 0 Å². The minimum absolute atomic E-state index is 0.162. The lowest BCUT2D eigenvalue weighted by atomic mass is 10.1. The molecule has 0 fully saturated rings. The molecule has 1 atom stereocenters. The van der Waals surface area contributed by atoms with E-state index < -0.39 is 11.6 Å². The minimum Gasteiger partial charge on any atom is -0.478 e. The first-order valence-corrected chi connectivity index (χ1v) is 7.32. The van der Waals surface area contributed by atoms with Gasteiger partial charge in [0, 0.05) is 26.3 Å². The van der Waals surface area contributed by atoms with Gasteiger partial charge in [-0.15, -0.1) is 0 Å². The first kappa shape index (κ1) is 18.0. The molecule has 0 aliphatic rings. The van der Waals surface area contributed by atoms with Gasteiger partial charge in [-0.05, 0) is 33.1 Å². The average Bonchev–Trinajstić information content (AvgIpc) is 2.84. The fourth-order valence-corrected chi connectivity index (χ4v) is 1.96. The Labute approximate surface area is 130 Å². The molecule has 1 amide bonds. The second-order valence-electron chi connectivity index (χ2n) is 6.39. The molecule has 0 aliphatic heterocycles. The summed E-state index contributed by atoms with van der Waals surface area (Å²) in [5.41, 5.74) is -0.360. The lowest BCUT2D eigenvalue weighted by Gasteiger charge is -2.27. The van der Waals surface area contributed by atoms with Crippen LogP contribution in [-0.2, 0) is 11.3 Å². The monoisotopic (exact) mass is 311 g/mol. The fourth-order valence-electron chi connectivity index (χ4n) is 1.96. The zero-order chi connectivity index (χ0) is 16.9. The van der Waals surface area contributed by atoms with Gasteiger partial charge in [-0.3, -0.25) is 4.68 Å². The van der Waals surface area contributed by atoms with Gasteiger partial charge in [0.05, 0.1) is 11.8 Å². The summed E-state index contributed by atoms with van der Waals surface area (Å²) >= 11 is 0. The Morgan fingerprint density at radius 1 is 1.45 bits per heavy atom. The van der Waals surface area contributed by atoms with E-state index in [9.17, 15) is 9.59 Å². The number of carboxylic acid groups (broad SMARTS) is 1. The molecular formula is C15H25N3O4. The number of nitrogens with zero attached hydrogens (tertiary/aromatic N) is 3. The molecule has 0 radical (unpaired) electrons. The maximum atomic E-state index is 12.0. The molecule has 22 heavy (non-hydrogen) atoms. The van der Waals surface area contributed by atoms with Crippen LogP contribution in [0.25, 0.3) is 0 Å². The lowest BCUT2D eigenvalue weighted by molar-refractivity contribution is 0.0266. The molecule has 0 aliphatic carbocycles. The largest absolute Gasteiger partial charge is 0.478 e. The number of carbonyl (C=O) groups excluding carboxylic acids is 1. The van der Waals surface area contributed by atoms with Gasteiger partial charge in [0.25, 0.3) is 0 Å². The van der Waals surface area contributed by atoms with Gasteiger partial charge in [0.15, 0.2) is 0 Å². The molecule has 0 saturated carbocycles. The van der Waals surface area contributed by atoms with Gasteiger partial charge in [-0.2, -0.15) is 5.10 Å². The molecule has 0 bridgehead atoms. The molecule has 1 N–H and O–H groups in total. The molecule has 1 unspecified atom stereocenters. The standard InChI is InChI=1S/C15H25N3O4/c1-6-11(8-17(5)14(21)22-15(2,3)4)9-18-10-12(7-16-18)13(19)20/h7,10-11H,6,8-9H2,1-5H3,(H,19,20). The molecule has 1 heterocycles. The number of hydrogen-bond acceptors (Lipinski definition) is 4. The summed E-state index contributed by atoms with van der Waals surface area (Å²) in [5, 5.41) is 12.9. The molecule has 1 rings (SSSR count). The molecular weight excluding hydrogens is 286 g/mol. The summed E-state index contributed by atoms with van der Waals surface area (Å²) in [6.45, 7) is 8.58. The first-order valence-electron chi connectivity index (χ1n) is 7.32. The normalized spacial score (nSPS) is 12.8. The number of carboxylic acids is 1. The summed E-state index contributed by atoms with van der Waals surface area (Å²) in [7, 11) is 1.70. The third-order valence-corrected chi connectivity index (χ3v) is 3.14. The SMILES string of the molecule is CCC(CN(C)C(=O)OC(C)(C)C)Cn1cc(C(=O)O)cn1. The number of hydrogen-bond donors (Lipinski definition) is 1. The molecule has 1 aromatic heterocycles. The van der Waals surface area contributed by atoms with Crippen LogP contribution in [0.2, 0.25) is 0 Å². The Morgan fingerprint density at radius 3 is 2.55 bits per heavy atom. The number of rotatable bonds is 6. The smallest absolute Gasteiger partial charge is 0.410 e. The molecule has 0 saturated heterocycles. The van der Waals surface area contributed by atoms with E-state index >= 15 is 0 Å². The van der Waals surface area contributed by atoms with Crippen LogP contribution < -0.4 is 0 Å². The van der Waals surface area contributed by atoms with E-state index in [-0.39, 0.29) is 17.6 Å². The zero-order valence-corrected chi connectivity index (χ0v) is 13.9. The van der Waals surface area contributed by atoms with Gasteiger partial charge in [-0.1, -0.05) is 6.92 Å². The predicted molar refractivity (Wildman–Crippen MR) is 81.8 cm³/mol. The van der Waals surface area contributed by atoms with E-state index in [1.807, 2.05) is 27.7 Å². The predicted octanol–water partition coefficient (Wildman–Crippen LogP) is 2.47. The summed E-state index contributed by atoms with van der Waals surface area (Å²) in [6, 6.07) is 0. The van der Waals surface area contributed by atoms with Gasteiger partial charge in [0.1, 0.15) is 5.60 Å². The van der Waals surface area contributed by atoms with Crippen molar-refractivity contribution in [2.24, 2.45) is 5.92 Å². The molecule has 7 heteroatoms. The average molecular weight is 311 g/mol. The van der Waals surface area contributed by atoms with E-state index in [0.717, 1.165) is 6.42 Å². The van der Waals surface area contributed by atoms with Crippen molar-refractivity contribution in [1.82, 2.24) is 14.7 Å². The van der Waals surface area contributed by atoms with Gasteiger partial charge >= 0.3 is 12.1 Å². The third kappa shape index (κ3) is 5.75. The summed E-state index contributed by atoms with van der Waals surface area (Å²) in [4.78, 5) is 24.3. The minimum atomic E-state index is -0.995. The Kier molecular flexibility index (Phi) is 5.96. The van der Waals surface area contributed by atoms with E-state index in [1.165, 1.54) is 12.4 Å². The Morgan fingerprint density at radius 2 is 2.09 bits per heavy atom. The highest BCUT2D eigenvalue weighted by atomic mass is 16.6. The fraction of sp³-hybridized carbons (Fsp3) is 0.667. The second-order valence-corrected chi connectivity index (χ2v) is 6.39. The Hall–Kier alpha value is -2.05. The van der Waals surface area contributed by atoms with Crippen molar-refractivity contribution in [2.45, 2.75) is 46.3 Å². The van der Waals surface area contributed by atoms with Crippen LogP contribution in [0.4, 0.5) is 4.79 Å². The number of carbonyl (C=O) groups is 2. The molecule has 1 aromatic rings. The van der Waals surface area contributed by atoms with Crippen molar-refractivity contribution in [2.75, 3.05) is 13.6 Å². The highest BCUT2D eigenvalue weighted by Crippen LogP contribution is 2.13. The maximum absolute atomic E-state index is 12.0. The van der Waals surface area contributed by atoms with Crippen molar-refractivity contribution in [3.63, 3.8) is 0 Å². The second kappa shape index (κ2) is 7.29. The number of ether oxygens (including phenoxy) is 1. The van der Waals surface area contributed by atoms with Crippen molar-refractivity contribution in [3.8, 4) is 0 Å². The van der Waals surface area contributed by atoms with Crippen molar-refractivity contribution < 1.29 is 19.4 Å². The van der Waals surface area contributed by atoms with E-state index in [2.05, 4.69) is 5.10 Å². The maximum Gasteiger partial charge on any atom is 0.410 e. The molecule has 124 valence electrons. The lowest BCUT2D eigenvalue weighted by Crippen LogP contribution is -2.37. The third-order valence-electron chi connectivity index (χ3n) is 3.14. The van der Waals surface area contributed by atoms with Crippen LogP contribution in [0.1, 0.15) is 44.5 Å². The summed E-state index contributed by atoms with van der Waals surface area (Å²) in [6.07, 6.45) is 3.30. The highest BCUT2D eigenvalue weighted by Gasteiger charge is 2.22. The number of aromatic carboxylic acids is 1. The van der Waals surface area contributed by atoms with Crippen LogP contribution in [0.15, 0.2) is 12.4 Å². The van der Waals surface area contributed by atoms with Crippen molar-refractivity contribution in [3.05, 3.63) is 18.0 Å². The van der Waals surface area contributed by atoms with Gasteiger partial charge < -0.3 is 14.7 Å². The molecule has 0 aromatic carbocycles. The summed E-state index contributed by atoms with van der Waals surface area (Å²) in [5.74, 6) is -0.829. The van der Waals surface area contributed by atoms with Crippen LogP contribution >= 0.6 is 0 Å². The molecule has 7 nitrogen and oxygen atoms in total. The number of amides is 1. The van der Waals surface area contributed by atoms with Crippen LogP contribution in [0, 0.1) is 5.92 Å². The highest BCUT2D eigenvalue weighted by molar-refractivity contribution is 5.86. The quantitative estimate of drug-likeness (QED) is 0.872. The Balaban J connectivity index is 2.60. The first-order chi connectivity index (χ1) is 10.1. The van der Waals surface area contributed by atoms with E-state index in [0.29, 0.717) is 13.1 Å². The Bertz CT molecular complexity index is 519. The van der Waals surface area contributed by atoms with Crippen LogP contribution in [-0.4, -0.2) is 51.0 Å². The topological polar surface area (TPSA) is 84.7 Å². The van der Waals surface area contributed by atoms with Gasteiger partial charge in [0.2, 0.25) is 0 Å². The molecule has 0 spiro atoms. The summed E-state index contributed by atoms with van der Waals surface area (Å²) < 4.78 is 6.92. The van der Waals surface area contributed by atoms with Gasteiger partial charge in [-0.25, -0.2) is 9.59 Å². The van der Waals surface area contributed by atoms with E-state index in [1.54, 1.807) is 16.6 Å². The van der Waals surface area contributed by atoms with Crippen molar-refractivity contribution in [1.29, 1.82) is 0 Å². The number of aromatic nitrogens is 2. The zero-order valence-electron chi connectivity index (χ0n) is 13.9.